The number of aromatic nitrogens is 2. The number of hydrogen-bond acceptors (Lipinski definition) is 5. The average Bonchev–Trinajstić information content (AvgIpc) is 2.65. The van der Waals surface area contributed by atoms with E-state index >= 15 is 0 Å². The Kier molecular flexibility index (Phi) is 3.92. The third-order valence-corrected chi connectivity index (χ3v) is 3.95. The Balaban J connectivity index is 1.57. The van der Waals surface area contributed by atoms with Gasteiger partial charge in [0.25, 0.3) is 5.56 Å². The van der Waals surface area contributed by atoms with Crippen LogP contribution in [0.25, 0.3) is 5.65 Å². The summed E-state index contributed by atoms with van der Waals surface area (Å²) < 4.78 is 12.3. The van der Waals surface area contributed by atoms with Crippen molar-refractivity contribution in [3.05, 3.63) is 58.6 Å². The van der Waals surface area contributed by atoms with Gasteiger partial charge in [-0.05, 0) is 31.2 Å². The van der Waals surface area contributed by atoms with Crippen molar-refractivity contribution in [2.75, 3.05) is 23.8 Å². The van der Waals surface area contributed by atoms with Gasteiger partial charge in [0.1, 0.15) is 24.5 Å². The second-order valence-electron chi connectivity index (χ2n) is 5.74. The van der Waals surface area contributed by atoms with Crippen molar-refractivity contribution in [3.8, 4) is 11.5 Å². The van der Waals surface area contributed by atoms with Crippen molar-refractivity contribution in [2.45, 2.75) is 6.92 Å². The molecule has 0 bridgehead atoms. The number of urea groups is 1. The highest BCUT2D eigenvalue weighted by atomic mass is 16.6. The Hall–Kier alpha value is -3.55. The Labute approximate surface area is 148 Å². The number of amides is 2. The highest BCUT2D eigenvalue weighted by Gasteiger charge is 2.15. The van der Waals surface area contributed by atoms with Crippen LogP contribution < -0.4 is 25.7 Å². The molecule has 0 fully saturated rings. The van der Waals surface area contributed by atoms with E-state index in [0.29, 0.717) is 41.7 Å². The van der Waals surface area contributed by atoms with Crippen molar-refractivity contribution in [3.63, 3.8) is 0 Å². The standard InChI is InChI=1S/C18H16N4O4/c1-11-16(17(23)22-7-3-2-4-15(22)19-11)21-18(24)20-12-5-6-13-14(10-12)26-9-8-25-13/h2-7,10H,8-9H2,1H3,(H2,20,21,24). The van der Waals surface area contributed by atoms with Crippen LogP contribution >= 0.6 is 0 Å². The molecule has 26 heavy (non-hydrogen) atoms. The lowest BCUT2D eigenvalue weighted by molar-refractivity contribution is 0.171. The second kappa shape index (κ2) is 6.40. The third-order valence-electron chi connectivity index (χ3n) is 3.95. The highest BCUT2D eigenvalue weighted by molar-refractivity contribution is 6.00. The van der Waals surface area contributed by atoms with Crippen LogP contribution in [0, 0.1) is 6.92 Å². The number of nitrogens with zero attached hydrogens (tertiary/aromatic N) is 2. The SMILES string of the molecule is Cc1nc2ccccn2c(=O)c1NC(=O)Nc1ccc2c(c1)OCCO2. The van der Waals surface area contributed by atoms with Gasteiger partial charge in [0.2, 0.25) is 0 Å². The molecule has 8 nitrogen and oxygen atoms in total. The molecule has 2 N–H and O–H groups in total. The number of fused-ring (bicyclic) bond motifs is 2. The lowest BCUT2D eigenvalue weighted by Crippen LogP contribution is -2.27. The second-order valence-corrected chi connectivity index (χ2v) is 5.74. The van der Waals surface area contributed by atoms with E-state index in [1.165, 1.54) is 4.40 Å². The highest BCUT2D eigenvalue weighted by Crippen LogP contribution is 2.32. The van der Waals surface area contributed by atoms with Gasteiger partial charge < -0.3 is 20.1 Å². The number of ether oxygens (including phenoxy) is 2. The first-order valence-electron chi connectivity index (χ1n) is 8.07. The summed E-state index contributed by atoms with van der Waals surface area (Å²) in [6, 6.07) is 9.81. The topological polar surface area (TPSA) is 94.0 Å². The van der Waals surface area contributed by atoms with E-state index in [0.717, 1.165) is 0 Å². The molecule has 2 amide bonds. The molecular weight excluding hydrogens is 336 g/mol. The lowest BCUT2D eigenvalue weighted by Gasteiger charge is -2.19. The molecule has 0 radical (unpaired) electrons. The predicted octanol–water partition coefficient (Wildman–Crippen LogP) is 2.42. The van der Waals surface area contributed by atoms with Crippen LogP contribution in [-0.4, -0.2) is 28.6 Å². The molecule has 0 saturated heterocycles. The summed E-state index contributed by atoms with van der Waals surface area (Å²) >= 11 is 0. The molecule has 4 rings (SSSR count). The number of rotatable bonds is 2. The Morgan fingerprint density at radius 2 is 1.92 bits per heavy atom. The molecule has 0 unspecified atom stereocenters. The van der Waals surface area contributed by atoms with Crippen molar-refractivity contribution < 1.29 is 14.3 Å². The molecule has 1 aromatic carbocycles. The van der Waals surface area contributed by atoms with Gasteiger partial charge in [-0.2, -0.15) is 0 Å². The van der Waals surface area contributed by atoms with Crippen molar-refractivity contribution in [1.82, 2.24) is 9.38 Å². The maximum absolute atomic E-state index is 12.6. The third kappa shape index (κ3) is 2.92. The molecule has 3 aromatic rings. The van der Waals surface area contributed by atoms with Crippen LogP contribution in [-0.2, 0) is 0 Å². The largest absolute Gasteiger partial charge is 0.486 e. The van der Waals surface area contributed by atoms with Gasteiger partial charge in [0, 0.05) is 18.0 Å². The molecule has 1 aliphatic heterocycles. The summed E-state index contributed by atoms with van der Waals surface area (Å²) in [6.45, 7) is 2.63. The van der Waals surface area contributed by atoms with Gasteiger partial charge in [-0.15, -0.1) is 0 Å². The summed E-state index contributed by atoms with van der Waals surface area (Å²) in [7, 11) is 0. The average molecular weight is 352 g/mol. The maximum Gasteiger partial charge on any atom is 0.323 e. The monoisotopic (exact) mass is 352 g/mol. The van der Waals surface area contributed by atoms with Crippen molar-refractivity contribution in [1.29, 1.82) is 0 Å². The van der Waals surface area contributed by atoms with Crippen LogP contribution in [0.3, 0.4) is 0 Å². The van der Waals surface area contributed by atoms with E-state index < -0.39 is 6.03 Å². The Morgan fingerprint density at radius 1 is 1.12 bits per heavy atom. The number of benzene rings is 1. The molecule has 132 valence electrons. The van der Waals surface area contributed by atoms with Crippen LogP contribution in [0.5, 0.6) is 11.5 Å². The summed E-state index contributed by atoms with van der Waals surface area (Å²) in [5.41, 5.74) is 1.28. The normalized spacial score (nSPS) is 12.7. The van der Waals surface area contributed by atoms with Crippen LogP contribution in [0.1, 0.15) is 5.69 Å². The molecule has 0 atom stereocenters. The number of anilines is 2. The number of pyridine rings is 1. The summed E-state index contributed by atoms with van der Waals surface area (Å²) in [5.74, 6) is 1.20. The fourth-order valence-electron chi connectivity index (χ4n) is 2.74. The number of carbonyl (C=O) groups excluding carboxylic acids is 1. The molecule has 0 spiro atoms. The fraction of sp³-hybridized carbons (Fsp3) is 0.167. The number of carbonyl (C=O) groups is 1. The zero-order chi connectivity index (χ0) is 18.1. The van der Waals surface area contributed by atoms with Gasteiger partial charge in [0.05, 0.1) is 5.69 Å². The number of nitrogens with one attached hydrogen (secondary N) is 2. The van der Waals surface area contributed by atoms with Gasteiger partial charge in [-0.1, -0.05) is 6.07 Å². The van der Waals surface area contributed by atoms with E-state index in [1.807, 2.05) is 0 Å². The smallest absolute Gasteiger partial charge is 0.323 e. The molecule has 0 aliphatic carbocycles. The first-order chi connectivity index (χ1) is 12.6. The first-order valence-corrected chi connectivity index (χ1v) is 8.07. The van der Waals surface area contributed by atoms with Crippen molar-refractivity contribution >= 4 is 23.1 Å². The minimum absolute atomic E-state index is 0.128. The van der Waals surface area contributed by atoms with Crippen LogP contribution in [0.15, 0.2) is 47.4 Å². The van der Waals surface area contributed by atoms with Gasteiger partial charge in [-0.3, -0.25) is 9.20 Å². The van der Waals surface area contributed by atoms with Gasteiger partial charge >= 0.3 is 6.03 Å². The molecule has 2 aromatic heterocycles. The summed E-state index contributed by atoms with van der Waals surface area (Å²) in [4.78, 5) is 29.2. The molecule has 8 heteroatoms. The number of hydrogen-bond donors (Lipinski definition) is 2. The van der Waals surface area contributed by atoms with Gasteiger partial charge in [-0.25, -0.2) is 9.78 Å². The van der Waals surface area contributed by atoms with Crippen LogP contribution in [0.4, 0.5) is 16.2 Å². The zero-order valence-corrected chi connectivity index (χ0v) is 14.0. The van der Waals surface area contributed by atoms with E-state index in [4.69, 9.17) is 9.47 Å². The summed E-state index contributed by atoms with van der Waals surface area (Å²) in [5, 5.41) is 5.26. The number of aryl methyl sites for hydroxylation is 1. The Bertz CT molecular complexity index is 1060. The Morgan fingerprint density at radius 3 is 2.77 bits per heavy atom. The van der Waals surface area contributed by atoms with Gasteiger partial charge in [0.15, 0.2) is 11.5 Å². The van der Waals surface area contributed by atoms with E-state index in [9.17, 15) is 9.59 Å². The van der Waals surface area contributed by atoms with E-state index in [-0.39, 0.29) is 11.2 Å². The minimum Gasteiger partial charge on any atom is -0.486 e. The van der Waals surface area contributed by atoms with E-state index in [2.05, 4.69) is 15.6 Å². The van der Waals surface area contributed by atoms with Crippen LogP contribution in [0.2, 0.25) is 0 Å². The minimum atomic E-state index is -0.542. The predicted molar refractivity (Wildman–Crippen MR) is 96.3 cm³/mol. The molecular formula is C18H16N4O4. The van der Waals surface area contributed by atoms with Crippen molar-refractivity contribution in [2.24, 2.45) is 0 Å². The molecule has 3 heterocycles. The fourth-order valence-corrected chi connectivity index (χ4v) is 2.74. The summed E-state index contributed by atoms with van der Waals surface area (Å²) in [6.07, 6.45) is 1.61. The maximum atomic E-state index is 12.6. The zero-order valence-electron chi connectivity index (χ0n) is 14.0. The van der Waals surface area contributed by atoms with E-state index in [1.54, 1.807) is 49.5 Å². The quantitative estimate of drug-likeness (QED) is 0.739. The molecule has 1 aliphatic rings. The molecule has 0 saturated carbocycles. The first kappa shape index (κ1) is 15.9. The lowest BCUT2D eigenvalue weighted by atomic mass is 10.2.